The molecule has 1 aliphatic heterocycles. The summed E-state index contributed by atoms with van der Waals surface area (Å²) in [6, 6.07) is 20.0. The zero-order valence-electron chi connectivity index (χ0n) is 19.1. The van der Waals surface area contributed by atoms with E-state index in [0.717, 1.165) is 28.8 Å². The molecular formula is C27H25F3O5. The van der Waals surface area contributed by atoms with E-state index in [9.17, 15) is 18.0 Å². The highest BCUT2D eigenvalue weighted by Gasteiger charge is 2.42. The molecule has 0 aromatic heterocycles. The van der Waals surface area contributed by atoms with Crippen molar-refractivity contribution in [3.05, 3.63) is 89.5 Å². The number of benzene rings is 3. The van der Waals surface area contributed by atoms with Crippen LogP contribution in [0.25, 0.3) is 11.1 Å². The number of ether oxygens (including phenoxy) is 4. The second-order valence-corrected chi connectivity index (χ2v) is 8.17. The number of hydrogen-bond acceptors (Lipinski definition) is 5. The predicted molar refractivity (Wildman–Crippen MR) is 123 cm³/mol. The van der Waals surface area contributed by atoms with Gasteiger partial charge in [0.15, 0.2) is 0 Å². The minimum Gasteiger partial charge on any atom is -0.489 e. The summed E-state index contributed by atoms with van der Waals surface area (Å²) in [6.07, 6.45) is -4.36. The number of rotatable bonds is 9. The Balaban J connectivity index is 1.37. The number of halogens is 3. The van der Waals surface area contributed by atoms with Gasteiger partial charge < -0.3 is 18.9 Å². The highest BCUT2D eigenvalue weighted by molar-refractivity contribution is 5.70. The van der Waals surface area contributed by atoms with Crippen molar-refractivity contribution >= 4 is 5.97 Å². The van der Waals surface area contributed by atoms with Crippen LogP contribution in [0.3, 0.4) is 0 Å². The van der Waals surface area contributed by atoms with E-state index in [1.807, 2.05) is 48.5 Å². The first-order valence-electron chi connectivity index (χ1n) is 11.2. The molecular weight excluding hydrogens is 461 g/mol. The molecule has 0 aliphatic carbocycles. The van der Waals surface area contributed by atoms with Crippen LogP contribution < -0.4 is 4.74 Å². The largest absolute Gasteiger partial charge is 0.489 e. The van der Waals surface area contributed by atoms with Gasteiger partial charge in [-0.3, -0.25) is 0 Å². The molecule has 0 amide bonds. The summed E-state index contributed by atoms with van der Waals surface area (Å²) >= 11 is 0. The van der Waals surface area contributed by atoms with Crippen LogP contribution >= 0.6 is 0 Å². The molecule has 0 radical (unpaired) electrons. The van der Waals surface area contributed by atoms with Crippen molar-refractivity contribution < 1.29 is 36.9 Å². The highest BCUT2D eigenvalue weighted by Crippen LogP contribution is 2.35. The lowest BCUT2D eigenvalue weighted by molar-refractivity contribution is -0.221. The van der Waals surface area contributed by atoms with E-state index in [0.29, 0.717) is 37.7 Å². The van der Waals surface area contributed by atoms with Gasteiger partial charge in [0.05, 0.1) is 25.4 Å². The molecule has 1 saturated heterocycles. The Labute approximate surface area is 201 Å². The predicted octanol–water partition coefficient (Wildman–Crippen LogP) is 5.76. The number of carbonyl (C=O) groups is 1. The number of alkyl halides is 3. The molecule has 0 saturated carbocycles. The lowest BCUT2D eigenvalue weighted by Gasteiger charge is -2.41. The third kappa shape index (κ3) is 6.01. The number of esters is 1. The Kier molecular flexibility index (Phi) is 7.42. The normalized spacial score (nSPS) is 14.7. The van der Waals surface area contributed by atoms with Crippen LogP contribution in [-0.4, -0.2) is 32.4 Å². The lowest BCUT2D eigenvalue weighted by atomic mass is 9.91. The summed E-state index contributed by atoms with van der Waals surface area (Å²) in [4.78, 5) is 11.7. The van der Waals surface area contributed by atoms with Crippen molar-refractivity contribution in [2.75, 3.05) is 26.4 Å². The van der Waals surface area contributed by atoms with Gasteiger partial charge in [-0.25, -0.2) is 4.79 Å². The van der Waals surface area contributed by atoms with Crippen LogP contribution in [0.1, 0.15) is 23.6 Å². The molecule has 4 rings (SSSR count). The molecule has 0 atom stereocenters. The number of hydrogen-bond donors (Lipinski definition) is 0. The molecule has 184 valence electrons. The molecule has 0 spiro atoms. The highest BCUT2D eigenvalue weighted by atomic mass is 19.4. The molecule has 1 heterocycles. The second kappa shape index (κ2) is 10.5. The lowest BCUT2D eigenvalue weighted by Crippen LogP contribution is -2.49. The third-order valence-electron chi connectivity index (χ3n) is 5.70. The van der Waals surface area contributed by atoms with Crippen molar-refractivity contribution in [1.29, 1.82) is 0 Å². The number of carbonyl (C=O) groups excluding carboxylic acids is 1. The summed E-state index contributed by atoms with van der Waals surface area (Å²) in [6.45, 7) is 2.88. The first-order valence-corrected chi connectivity index (χ1v) is 11.2. The van der Waals surface area contributed by atoms with Gasteiger partial charge in [-0.2, -0.15) is 13.2 Å². The van der Waals surface area contributed by atoms with Gasteiger partial charge in [0, 0.05) is 0 Å². The molecule has 1 fully saturated rings. The van der Waals surface area contributed by atoms with Crippen LogP contribution in [0.4, 0.5) is 13.2 Å². The van der Waals surface area contributed by atoms with Gasteiger partial charge in [-0.1, -0.05) is 42.5 Å². The van der Waals surface area contributed by atoms with Gasteiger partial charge >= 0.3 is 12.1 Å². The Morgan fingerprint density at radius 3 is 2.29 bits per heavy atom. The first kappa shape index (κ1) is 24.8. The first-order chi connectivity index (χ1) is 16.8. The SMILES string of the molecule is CCOC(=O)COC1(c2ccc(OCc3cccc(-c4ccc(C(F)(F)F)cc4)c3)cc2)COC1. The second-order valence-electron chi connectivity index (χ2n) is 8.17. The van der Waals surface area contributed by atoms with Crippen molar-refractivity contribution in [3.63, 3.8) is 0 Å². The van der Waals surface area contributed by atoms with Gasteiger partial charge in [0.1, 0.15) is 24.6 Å². The maximum absolute atomic E-state index is 12.8. The molecule has 35 heavy (non-hydrogen) atoms. The summed E-state index contributed by atoms with van der Waals surface area (Å²) in [5.74, 6) is 0.228. The van der Waals surface area contributed by atoms with Crippen molar-refractivity contribution in [2.24, 2.45) is 0 Å². The van der Waals surface area contributed by atoms with Gasteiger partial charge in [0.2, 0.25) is 0 Å². The van der Waals surface area contributed by atoms with Crippen LogP contribution in [0.15, 0.2) is 72.8 Å². The Morgan fingerprint density at radius 1 is 0.971 bits per heavy atom. The maximum Gasteiger partial charge on any atom is 0.416 e. The Bertz CT molecular complexity index is 1140. The minimum atomic E-state index is -4.36. The van der Waals surface area contributed by atoms with Crippen LogP contribution in [-0.2, 0) is 37.4 Å². The fourth-order valence-corrected chi connectivity index (χ4v) is 3.73. The van der Waals surface area contributed by atoms with Gasteiger partial charge in [0.25, 0.3) is 0 Å². The molecule has 5 nitrogen and oxygen atoms in total. The fourth-order valence-electron chi connectivity index (χ4n) is 3.73. The summed E-state index contributed by atoms with van der Waals surface area (Å²) in [7, 11) is 0. The van der Waals surface area contributed by atoms with E-state index in [4.69, 9.17) is 18.9 Å². The average molecular weight is 486 g/mol. The summed E-state index contributed by atoms with van der Waals surface area (Å²) in [5.41, 5.74) is 1.91. The van der Waals surface area contributed by atoms with Gasteiger partial charge in [-0.15, -0.1) is 0 Å². The van der Waals surface area contributed by atoms with Crippen molar-refractivity contribution in [1.82, 2.24) is 0 Å². The van der Waals surface area contributed by atoms with Gasteiger partial charge in [-0.05, 0) is 59.5 Å². The Hall–Kier alpha value is -3.36. The monoisotopic (exact) mass is 486 g/mol. The smallest absolute Gasteiger partial charge is 0.416 e. The van der Waals surface area contributed by atoms with Crippen LogP contribution in [0.2, 0.25) is 0 Å². The van der Waals surface area contributed by atoms with Crippen molar-refractivity contribution in [3.8, 4) is 16.9 Å². The molecule has 0 bridgehead atoms. The van der Waals surface area contributed by atoms with E-state index in [-0.39, 0.29) is 6.61 Å². The molecule has 0 N–H and O–H groups in total. The zero-order chi connectivity index (χ0) is 24.9. The molecule has 1 aliphatic rings. The molecule has 8 heteroatoms. The molecule has 0 unspecified atom stereocenters. The van der Waals surface area contributed by atoms with E-state index in [2.05, 4.69) is 0 Å². The van der Waals surface area contributed by atoms with Crippen molar-refractivity contribution in [2.45, 2.75) is 25.3 Å². The molecule has 3 aromatic carbocycles. The minimum absolute atomic E-state index is 0.148. The maximum atomic E-state index is 12.8. The van der Waals surface area contributed by atoms with E-state index in [1.54, 1.807) is 6.92 Å². The fraction of sp³-hybridized carbons (Fsp3) is 0.296. The zero-order valence-corrected chi connectivity index (χ0v) is 19.1. The topological polar surface area (TPSA) is 54.0 Å². The third-order valence-corrected chi connectivity index (χ3v) is 5.70. The van der Waals surface area contributed by atoms with Crippen LogP contribution in [0.5, 0.6) is 5.75 Å². The summed E-state index contributed by atoms with van der Waals surface area (Å²) in [5, 5.41) is 0. The van der Waals surface area contributed by atoms with E-state index < -0.39 is 23.3 Å². The van der Waals surface area contributed by atoms with E-state index >= 15 is 0 Å². The molecule has 3 aromatic rings. The van der Waals surface area contributed by atoms with E-state index in [1.165, 1.54) is 12.1 Å². The quantitative estimate of drug-likeness (QED) is 0.360. The average Bonchev–Trinajstić information content (AvgIpc) is 2.83. The standard InChI is InChI=1S/C27H25F3O5/c1-2-33-25(31)16-35-26(17-32-18-26)22-10-12-24(13-11-22)34-15-19-4-3-5-21(14-19)20-6-8-23(9-7-20)27(28,29)30/h3-14H,2,15-18H2,1H3. The summed E-state index contributed by atoms with van der Waals surface area (Å²) < 4.78 is 60.4. The Morgan fingerprint density at radius 2 is 1.69 bits per heavy atom. The van der Waals surface area contributed by atoms with Crippen LogP contribution in [0, 0.1) is 0 Å².